The minimum atomic E-state index is 0.174. The highest BCUT2D eigenvalue weighted by molar-refractivity contribution is 5.80. The Kier molecular flexibility index (Phi) is 5.30. The highest BCUT2D eigenvalue weighted by atomic mass is 16.2. The summed E-state index contributed by atoms with van der Waals surface area (Å²) in [4.78, 5) is 29.6. The van der Waals surface area contributed by atoms with Crippen LogP contribution in [0.3, 0.4) is 0 Å². The van der Waals surface area contributed by atoms with Crippen LogP contribution >= 0.6 is 0 Å². The maximum absolute atomic E-state index is 12.6. The van der Waals surface area contributed by atoms with E-state index < -0.39 is 0 Å². The van der Waals surface area contributed by atoms with Gasteiger partial charge in [0.15, 0.2) is 0 Å². The molecule has 4 rings (SSSR count). The molecule has 5 heteroatoms. The van der Waals surface area contributed by atoms with E-state index in [1.807, 2.05) is 0 Å². The predicted molar refractivity (Wildman–Crippen MR) is 97.0 cm³/mol. The Balaban J connectivity index is 1.25. The van der Waals surface area contributed by atoms with E-state index >= 15 is 0 Å². The highest BCUT2D eigenvalue weighted by Crippen LogP contribution is 2.29. The smallest absolute Gasteiger partial charge is 0.225 e. The van der Waals surface area contributed by atoms with E-state index in [-0.39, 0.29) is 11.8 Å². The first-order valence-corrected chi connectivity index (χ1v) is 10.5. The van der Waals surface area contributed by atoms with Gasteiger partial charge in [-0.05, 0) is 57.9 Å². The lowest BCUT2D eigenvalue weighted by Gasteiger charge is -2.42. The molecule has 25 heavy (non-hydrogen) atoms. The fourth-order valence-electron chi connectivity index (χ4n) is 4.98. The third kappa shape index (κ3) is 4.18. The Bertz CT molecular complexity index is 491. The van der Waals surface area contributed by atoms with Crippen molar-refractivity contribution in [2.45, 2.75) is 76.3 Å². The van der Waals surface area contributed by atoms with Crippen LogP contribution in [0.4, 0.5) is 0 Å². The van der Waals surface area contributed by atoms with Gasteiger partial charge in [0.25, 0.3) is 0 Å². The summed E-state index contributed by atoms with van der Waals surface area (Å²) in [5, 5.41) is 3.18. The molecule has 4 fully saturated rings. The first kappa shape index (κ1) is 17.3. The Morgan fingerprint density at radius 3 is 2.12 bits per heavy atom. The van der Waals surface area contributed by atoms with Crippen molar-refractivity contribution in [3.8, 4) is 0 Å². The van der Waals surface area contributed by atoms with Crippen molar-refractivity contribution in [3.63, 3.8) is 0 Å². The summed E-state index contributed by atoms with van der Waals surface area (Å²) in [6, 6.07) is 1.02. The highest BCUT2D eigenvalue weighted by Gasteiger charge is 2.35. The zero-order valence-corrected chi connectivity index (χ0v) is 15.4. The quantitative estimate of drug-likeness (QED) is 0.848. The molecule has 140 valence electrons. The predicted octanol–water partition coefficient (Wildman–Crippen LogP) is 2.16. The first-order valence-electron chi connectivity index (χ1n) is 10.5. The van der Waals surface area contributed by atoms with E-state index in [9.17, 15) is 9.59 Å². The average Bonchev–Trinajstić information content (AvgIpc) is 3.30. The molecule has 0 spiro atoms. The van der Waals surface area contributed by atoms with Gasteiger partial charge in [0.2, 0.25) is 11.8 Å². The van der Waals surface area contributed by atoms with Crippen molar-refractivity contribution in [1.82, 2.24) is 15.1 Å². The van der Waals surface area contributed by atoms with Gasteiger partial charge < -0.3 is 10.2 Å². The second-order valence-electron chi connectivity index (χ2n) is 8.65. The van der Waals surface area contributed by atoms with E-state index in [0.717, 1.165) is 77.5 Å². The Morgan fingerprint density at radius 1 is 0.760 bits per heavy atom. The summed E-state index contributed by atoms with van der Waals surface area (Å²) >= 11 is 0. The Morgan fingerprint density at radius 2 is 1.44 bits per heavy atom. The van der Waals surface area contributed by atoms with Crippen LogP contribution in [-0.4, -0.2) is 59.9 Å². The zero-order valence-electron chi connectivity index (χ0n) is 15.4. The van der Waals surface area contributed by atoms with Crippen LogP contribution in [0.15, 0.2) is 0 Å². The molecule has 0 unspecified atom stereocenters. The van der Waals surface area contributed by atoms with Crippen molar-refractivity contribution in [3.05, 3.63) is 0 Å². The van der Waals surface area contributed by atoms with Gasteiger partial charge in [0, 0.05) is 37.6 Å². The number of likely N-dealkylation sites (tertiary alicyclic amines) is 2. The third-order valence-corrected chi connectivity index (χ3v) is 6.74. The summed E-state index contributed by atoms with van der Waals surface area (Å²) < 4.78 is 0. The molecular weight excluding hydrogens is 314 g/mol. The number of piperidine rings is 2. The molecule has 4 aliphatic rings. The molecule has 2 aliphatic heterocycles. The van der Waals surface area contributed by atoms with Gasteiger partial charge in [-0.3, -0.25) is 14.5 Å². The molecule has 2 saturated carbocycles. The third-order valence-electron chi connectivity index (χ3n) is 6.74. The average molecular weight is 348 g/mol. The minimum absolute atomic E-state index is 0.174. The second kappa shape index (κ2) is 7.65. The van der Waals surface area contributed by atoms with Gasteiger partial charge in [-0.25, -0.2) is 0 Å². The van der Waals surface area contributed by atoms with E-state index in [2.05, 4.69) is 15.1 Å². The van der Waals surface area contributed by atoms with Crippen LogP contribution in [-0.2, 0) is 9.59 Å². The molecular formula is C20H33N3O2. The van der Waals surface area contributed by atoms with Crippen LogP contribution in [0.2, 0.25) is 0 Å². The summed E-state index contributed by atoms with van der Waals surface area (Å²) in [7, 11) is 0. The normalized spacial score (nSPS) is 29.8. The van der Waals surface area contributed by atoms with Crippen LogP contribution in [0.1, 0.15) is 64.2 Å². The number of nitrogens with one attached hydrogen (secondary N) is 1. The van der Waals surface area contributed by atoms with Crippen molar-refractivity contribution in [1.29, 1.82) is 0 Å². The van der Waals surface area contributed by atoms with Gasteiger partial charge in [-0.1, -0.05) is 12.8 Å². The van der Waals surface area contributed by atoms with Crippen molar-refractivity contribution in [2.75, 3.05) is 26.2 Å². The number of carbonyl (C=O) groups excluding carboxylic acids is 2. The van der Waals surface area contributed by atoms with Gasteiger partial charge in [-0.2, -0.15) is 0 Å². The maximum Gasteiger partial charge on any atom is 0.225 e. The zero-order chi connectivity index (χ0) is 17.2. The molecule has 0 bridgehead atoms. The maximum atomic E-state index is 12.6. The SMILES string of the molecule is O=C(NC1CC1)[C@@H]1CCCN(C2CCN(C(=O)C3CCCC3)CC2)C1. The van der Waals surface area contributed by atoms with Crippen molar-refractivity contribution < 1.29 is 9.59 Å². The molecule has 2 amide bonds. The molecule has 5 nitrogen and oxygen atoms in total. The molecule has 0 radical (unpaired) electrons. The molecule has 2 aliphatic carbocycles. The van der Waals surface area contributed by atoms with Gasteiger partial charge in [-0.15, -0.1) is 0 Å². The number of hydrogen-bond donors (Lipinski definition) is 1. The van der Waals surface area contributed by atoms with E-state index in [4.69, 9.17) is 0 Å². The molecule has 0 aromatic carbocycles. The van der Waals surface area contributed by atoms with E-state index in [1.165, 1.54) is 12.8 Å². The largest absolute Gasteiger partial charge is 0.353 e. The number of hydrogen-bond acceptors (Lipinski definition) is 3. The molecule has 0 aromatic rings. The standard InChI is InChI=1S/C20H33N3O2/c24-19(21-17-7-8-17)16-6-3-11-23(14-16)18-9-12-22(13-10-18)20(25)15-4-1-2-5-15/h15-18H,1-14H2,(H,21,24)/t16-/m1/s1. The lowest BCUT2D eigenvalue weighted by Crippen LogP contribution is -2.52. The van der Waals surface area contributed by atoms with Gasteiger partial charge >= 0.3 is 0 Å². The summed E-state index contributed by atoms with van der Waals surface area (Å²) in [5.41, 5.74) is 0. The fourth-order valence-corrected chi connectivity index (χ4v) is 4.98. The number of amides is 2. The molecule has 1 N–H and O–H groups in total. The minimum Gasteiger partial charge on any atom is -0.353 e. The Labute approximate surface area is 151 Å². The van der Waals surface area contributed by atoms with Crippen LogP contribution in [0.25, 0.3) is 0 Å². The molecule has 2 saturated heterocycles. The molecule has 1 atom stereocenters. The van der Waals surface area contributed by atoms with Crippen LogP contribution in [0, 0.1) is 11.8 Å². The lowest BCUT2D eigenvalue weighted by molar-refractivity contribution is -0.137. The van der Waals surface area contributed by atoms with Crippen molar-refractivity contribution >= 4 is 11.8 Å². The van der Waals surface area contributed by atoms with Crippen LogP contribution < -0.4 is 5.32 Å². The summed E-state index contributed by atoms with van der Waals surface area (Å²) in [5.74, 6) is 1.17. The molecule has 0 aromatic heterocycles. The topological polar surface area (TPSA) is 52.7 Å². The summed E-state index contributed by atoms with van der Waals surface area (Å²) in [6.45, 7) is 3.86. The lowest BCUT2D eigenvalue weighted by atomic mass is 9.93. The van der Waals surface area contributed by atoms with Gasteiger partial charge in [0.05, 0.1) is 5.92 Å². The molecule has 2 heterocycles. The Hall–Kier alpha value is -1.10. The first-order chi connectivity index (χ1) is 12.2. The second-order valence-corrected chi connectivity index (χ2v) is 8.65. The summed E-state index contributed by atoms with van der Waals surface area (Å²) in [6.07, 6.45) is 11.3. The van der Waals surface area contributed by atoms with Crippen LogP contribution in [0.5, 0.6) is 0 Å². The number of nitrogens with zero attached hydrogens (tertiary/aromatic N) is 2. The number of carbonyl (C=O) groups is 2. The van der Waals surface area contributed by atoms with E-state index in [0.29, 0.717) is 23.9 Å². The van der Waals surface area contributed by atoms with E-state index in [1.54, 1.807) is 0 Å². The van der Waals surface area contributed by atoms with Gasteiger partial charge in [0.1, 0.15) is 0 Å². The van der Waals surface area contributed by atoms with Crippen molar-refractivity contribution in [2.24, 2.45) is 11.8 Å². The number of rotatable bonds is 4. The monoisotopic (exact) mass is 347 g/mol. The fraction of sp³-hybridized carbons (Fsp3) is 0.900.